The maximum absolute atomic E-state index is 12.3. The number of fused-ring (bicyclic) bond motifs is 1. The summed E-state index contributed by atoms with van der Waals surface area (Å²) in [5.74, 6) is 1.28. The van der Waals surface area contributed by atoms with E-state index in [9.17, 15) is 9.59 Å². The van der Waals surface area contributed by atoms with Crippen LogP contribution in [0.2, 0.25) is 0 Å². The smallest absolute Gasteiger partial charge is 0.243 e. The lowest BCUT2D eigenvalue weighted by molar-refractivity contribution is -0.132. The predicted molar refractivity (Wildman–Crippen MR) is 91.1 cm³/mol. The van der Waals surface area contributed by atoms with Gasteiger partial charge in [-0.15, -0.1) is 0 Å². The maximum Gasteiger partial charge on any atom is 0.243 e. The van der Waals surface area contributed by atoms with E-state index in [1.807, 2.05) is 17.0 Å². The fraction of sp³-hybridized carbons (Fsp3) is 0.444. The Morgan fingerprint density at radius 3 is 2.54 bits per heavy atom. The minimum absolute atomic E-state index is 0.100. The van der Waals surface area contributed by atoms with E-state index >= 15 is 0 Å². The highest BCUT2D eigenvalue weighted by Crippen LogP contribution is 2.33. The molecule has 1 aliphatic rings. The van der Waals surface area contributed by atoms with E-state index in [4.69, 9.17) is 9.47 Å². The van der Waals surface area contributed by atoms with Crippen molar-refractivity contribution in [2.75, 3.05) is 27.3 Å². The molecule has 6 heteroatoms. The molecule has 0 aliphatic carbocycles. The van der Waals surface area contributed by atoms with Crippen LogP contribution in [0.1, 0.15) is 24.0 Å². The van der Waals surface area contributed by atoms with Crippen LogP contribution in [0.3, 0.4) is 0 Å². The Hall–Kier alpha value is -2.50. The van der Waals surface area contributed by atoms with Crippen LogP contribution in [0.15, 0.2) is 24.8 Å². The number of nitrogens with zero attached hydrogens (tertiary/aromatic N) is 1. The molecule has 1 heterocycles. The van der Waals surface area contributed by atoms with Crippen LogP contribution in [-0.4, -0.2) is 44.0 Å². The average molecular weight is 332 g/mol. The monoisotopic (exact) mass is 332 g/mol. The molecule has 0 fully saturated rings. The van der Waals surface area contributed by atoms with Crippen LogP contribution in [0, 0.1) is 0 Å². The van der Waals surface area contributed by atoms with Crippen molar-refractivity contribution in [2.45, 2.75) is 25.8 Å². The minimum Gasteiger partial charge on any atom is -0.493 e. The molecular weight excluding hydrogens is 308 g/mol. The molecule has 0 radical (unpaired) electrons. The molecule has 24 heavy (non-hydrogen) atoms. The van der Waals surface area contributed by atoms with Crippen LogP contribution in [0.5, 0.6) is 11.5 Å². The second kappa shape index (κ2) is 8.38. The van der Waals surface area contributed by atoms with Gasteiger partial charge in [-0.3, -0.25) is 9.59 Å². The minimum atomic E-state index is -0.213. The number of nitrogens with one attached hydrogen (secondary N) is 1. The molecule has 2 rings (SSSR count). The Kier molecular flexibility index (Phi) is 6.23. The number of carbonyl (C=O) groups excluding carboxylic acids is 2. The molecule has 0 bridgehead atoms. The summed E-state index contributed by atoms with van der Waals surface area (Å²) in [6, 6.07) is 3.93. The van der Waals surface area contributed by atoms with Crippen LogP contribution in [0.25, 0.3) is 0 Å². The Balaban J connectivity index is 1.93. The zero-order valence-electron chi connectivity index (χ0n) is 14.3. The van der Waals surface area contributed by atoms with Crippen molar-refractivity contribution in [1.29, 1.82) is 0 Å². The average Bonchev–Trinajstić information content (AvgIpc) is 2.62. The molecule has 0 saturated carbocycles. The maximum atomic E-state index is 12.3. The third-order valence-corrected chi connectivity index (χ3v) is 4.12. The van der Waals surface area contributed by atoms with E-state index in [0.29, 0.717) is 44.0 Å². The van der Waals surface area contributed by atoms with Crippen molar-refractivity contribution in [3.63, 3.8) is 0 Å². The van der Waals surface area contributed by atoms with Crippen molar-refractivity contribution in [3.8, 4) is 11.5 Å². The first-order valence-electron chi connectivity index (χ1n) is 8.00. The topological polar surface area (TPSA) is 67.9 Å². The van der Waals surface area contributed by atoms with Gasteiger partial charge in [0.25, 0.3) is 0 Å². The van der Waals surface area contributed by atoms with Crippen LogP contribution in [-0.2, 0) is 22.6 Å². The second-order valence-electron chi connectivity index (χ2n) is 5.64. The van der Waals surface area contributed by atoms with Gasteiger partial charge in [0.2, 0.25) is 11.8 Å². The van der Waals surface area contributed by atoms with E-state index in [0.717, 1.165) is 12.0 Å². The van der Waals surface area contributed by atoms with Gasteiger partial charge in [0, 0.05) is 26.1 Å². The summed E-state index contributed by atoms with van der Waals surface area (Å²) in [5.41, 5.74) is 2.28. The van der Waals surface area contributed by atoms with Crippen LogP contribution in [0.4, 0.5) is 0 Å². The molecule has 130 valence electrons. The van der Waals surface area contributed by atoms with Crippen LogP contribution < -0.4 is 14.8 Å². The number of amides is 2. The Morgan fingerprint density at radius 2 is 1.92 bits per heavy atom. The van der Waals surface area contributed by atoms with Crippen LogP contribution >= 0.6 is 0 Å². The van der Waals surface area contributed by atoms with E-state index in [1.54, 1.807) is 14.2 Å². The zero-order chi connectivity index (χ0) is 17.5. The number of ether oxygens (including phenoxy) is 2. The Bertz CT molecular complexity index is 628. The lowest BCUT2D eigenvalue weighted by atomic mass is 9.98. The van der Waals surface area contributed by atoms with Crippen molar-refractivity contribution >= 4 is 11.8 Å². The molecule has 0 spiro atoms. The highest BCUT2D eigenvalue weighted by atomic mass is 16.5. The normalized spacial score (nSPS) is 13.0. The van der Waals surface area contributed by atoms with Gasteiger partial charge in [0.05, 0.1) is 14.2 Å². The third kappa shape index (κ3) is 4.28. The van der Waals surface area contributed by atoms with Gasteiger partial charge in [0.15, 0.2) is 11.5 Å². The molecule has 0 saturated heterocycles. The van der Waals surface area contributed by atoms with Gasteiger partial charge in [-0.2, -0.15) is 0 Å². The predicted octanol–water partition coefficient (Wildman–Crippen LogP) is 1.67. The second-order valence-corrected chi connectivity index (χ2v) is 5.64. The molecule has 6 nitrogen and oxygen atoms in total. The lowest BCUT2D eigenvalue weighted by Crippen LogP contribution is -2.36. The van der Waals surface area contributed by atoms with Gasteiger partial charge < -0.3 is 19.7 Å². The number of benzene rings is 1. The largest absolute Gasteiger partial charge is 0.493 e. The van der Waals surface area contributed by atoms with Gasteiger partial charge in [-0.25, -0.2) is 0 Å². The lowest BCUT2D eigenvalue weighted by Gasteiger charge is -2.29. The number of methoxy groups -OCH3 is 2. The van der Waals surface area contributed by atoms with Gasteiger partial charge >= 0.3 is 0 Å². The van der Waals surface area contributed by atoms with E-state index in [-0.39, 0.29) is 11.8 Å². The number of carbonyl (C=O) groups is 2. The summed E-state index contributed by atoms with van der Waals surface area (Å²) < 4.78 is 10.7. The number of hydrogen-bond acceptors (Lipinski definition) is 4. The molecule has 0 aromatic heterocycles. The van der Waals surface area contributed by atoms with Crippen molar-refractivity contribution in [3.05, 3.63) is 35.9 Å². The molecule has 1 aromatic rings. The standard InChI is InChI=1S/C18H24N2O4/c1-4-17(21)19-8-5-6-18(22)20-9-7-13-10-15(23-2)16(24-3)11-14(13)12-20/h4,10-11H,1,5-9,12H2,2-3H3,(H,19,21). The summed E-state index contributed by atoms with van der Waals surface area (Å²) in [7, 11) is 3.22. The van der Waals surface area contributed by atoms with E-state index in [2.05, 4.69) is 11.9 Å². The fourth-order valence-electron chi connectivity index (χ4n) is 2.78. The van der Waals surface area contributed by atoms with E-state index < -0.39 is 0 Å². The molecule has 0 unspecified atom stereocenters. The highest BCUT2D eigenvalue weighted by Gasteiger charge is 2.22. The molecule has 1 aliphatic heterocycles. The fourth-order valence-corrected chi connectivity index (χ4v) is 2.78. The molecule has 0 atom stereocenters. The summed E-state index contributed by atoms with van der Waals surface area (Å²) in [6.07, 6.45) is 3.06. The summed E-state index contributed by atoms with van der Waals surface area (Å²) >= 11 is 0. The number of rotatable bonds is 7. The molecular formula is C18H24N2O4. The van der Waals surface area contributed by atoms with Crippen molar-refractivity contribution < 1.29 is 19.1 Å². The summed E-state index contributed by atoms with van der Waals surface area (Å²) in [6.45, 7) is 5.14. The third-order valence-electron chi connectivity index (χ3n) is 4.12. The summed E-state index contributed by atoms with van der Waals surface area (Å²) in [4.78, 5) is 25.2. The quantitative estimate of drug-likeness (QED) is 0.609. The van der Waals surface area contributed by atoms with Crippen molar-refractivity contribution in [1.82, 2.24) is 10.2 Å². The SMILES string of the molecule is C=CC(=O)NCCCC(=O)N1CCc2cc(OC)c(OC)cc2C1. The van der Waals surface area contributed by atoms with Gasteiger partial charge in [0.1, 0.15) is 0 Å². The first kappa shape index (κ1) is 17.8. The molecule has 2 amide bonds. The summed E-state index contributed by atoms with van der Waals surface area (Å²) in [5, 5.41) is 2.68. The Labute approximate surface area is 142 Å². The number of hydrogen-bond donors (Lipinski definition) is 1. The van der Waals surface area contributed by atoms with E-state index in [1.165, 1.54) is 11.6 Å². The molecule has 1 aromatic carbocycles. The van der Waals surface area contributed by atoms with Gasteiger partial charge in [-0.1, -0.05) is 6.58 Å². The molecule has 1 N–H and O–H groups in total. The first-order chi connectivity index (χ1) is 11.6. The highest BCUT2D eigenvalue weighted by molar-refractivity contribution is 5.86. The zero-order valence-corrected chi connectivity index (χ0v) is 14.3. The Morgan fingerprint density at radius 1 is 1.25 bits per heavy atom. The van der Waals surface area contributed by atoms with Crippen molar-refractivity contribution in [2.24, 2.45) is 0 Å². The first-order valence-corrected chi connectivity index (χ1v) is 8.00. The van der Waals surface area contributed by atoms with Gasteiger partial charge in [-0.05, 0) is 42.2 Å².